The topological polar surface area (TPSA) is 27.0 Å². The summed E-state index contributed by atoms with van der Waals surface area (Å²) in [7, 11) is 2.03. The van der Waals surface area contributed by atoms with Crippen LogP contribution in [0.3, 0.4) is 0 Å². The van der Waals surface area contributed by atoms with Gasteiger partial charge in [-0.3, -0.25) is 0 Å². The zero-order chi connectivity index (χ0) is 13.6. The Morgan fingerprint density at radius 1 is 1.33 bits per heavy atom. The van der Waals surface area contributed by atoms with Crippen molar-refractivity contribution in [3.63, 3.8) is 0 Å². The maximum absolute atomic E-state index is 14.1. The quantitative estimate of drug-likeness (QED) is 0.714. The first kappa shape index (κ1) is 14.7. The number of allylic oxidation sites excluding steroid dienone is 6. The molecule has 1 saturated heterocycles. The lowest BCUT2D eigenvalue weighted by Crippen LogP contribution is -2.38. The highest BCUT2D eigenvalue weighted by Gasteiger charge is 2.38. The Hall–Kier alpha value is -1.40. The molecule has 1 aliphatic rings. The Morgan fingerprint density at radius 3 is 2.39 bits per heavy atom. The van der Waals surface area contributed by atoms with Crippen LogP contribution in [0.5, 0.6) is 0 Å². The highest BCUT2D eigenvalue weighted by Crippen LogP contribution is 2.41. The lowest BCUT2D eigenvalue weighted by atomic mass is 9.73. The van der Waals surface area contributed by atoms with E-state index in [9.17, 15) is 9.65 Å². The molecule has 1 rings (SSSR count). The molecule has 18 heavy (non-hydrogen) atoms. The molecule has 0 radical (unpaired) electrons. The van der Waals surface area contributed by atoms with Gasteiger partial charge in [0.05, 0.1) is 11.5 Å². The first-order valence-electron chi connectivity index (χ1n) is 6.35. The highest BCUT2D eigenvalue weighted by atomic mass is 19.1. The second-order valence-electron chi connectivity index (χ2n) is 4.74. The first-order chi connectivity index (χ1) is 8.59. The van der Waals surface area contributed by atoms with E-state index < -0.39 is 5.41 Å². The van der Waals surface area contributed by atoms with Crippen LogP contribution in [0.1, 0.15) is 26.7 Å². The van der Waals surface area contributed by atoms with Gasteiger partial charge in [-0.15, -0.1) is 0 Å². The van der Waals surface area contributed by atoms with Gasteiger partial charge in [-0.05, 0) is 52.9 Å². The summed E-state index contributed by atoms with van der Waals surface area (Å²) < 4.78 is 14.1. The number of halogens is 1. The summed E-state index contributed by atoms with van der Waals surface area (Å²) in [6.45, 7) is 5.31. The van der Waals surface area contributed by atoms with Gasteiger partial charge >= 0.3 is 0 Å². The van der Waals surface area contributed by atoms with Crippen LogP contribution in [0, 0.1) is 16.7 Å². The van der Waals surface area contributed by atoms with E-state index in [0.29, 0.717) is 18.4 Å². The van der Waals surface area contributed by atoms with Crippen molar-refractivity contribution >= 4 is 0 Å². The molecule has 0 spiro atoms. The molecule has 1 fully saturated rings. The van der Waals surface area contributed by atoms with Crippen LogP contribution in [-0.2, 0) is 0 Å². The third kappa shape index (κ3) is 3.08. The van der Waals surface area contributed by atoms with Crippen LogP contribution >= 0.6 is 0 Å². The average Bonchev–Trinajstić information content (AvgIpc) is 2.39. The van der Waals surface area contributed by atoms with Crippen LogP contribution in [0.4, 0.5) is 4.39 Å². The summed E-state index contributed by atoms with van der Waals surface area (Å²) in [5.74, 6) is -0.290. The van der Waals surface area contributed by atoms with Gasteiger partial charge in [0.15, 0.2) is 0 Å². The van der Waals surface area contributed by atoms with Crippen molar-refractivity contribution in [3.8, 4) is 6.07 Å². The molecule has 0 N–H and O–H groups in total. The van der Waals surface area contributed by atoms with Crippen molar-refractivity contribution in [2.45, 2.75) is 26.7 Å². The SMILES string of the molecule is C\C=C/C=C(F)\C(=C/C)C1(C#N)CCN(C)CC1. The van der Waals surface area contributed by atoms with Gasteiger partial charge in [-0.25, -0.2) is 4.39 Å². The number of likely N-dealkylation sites (tertiary alicyclic amines) is 1. The smallest absolute Gasteiger partial charge is 0.127 e. The van der Waals surface area contributed by atoms with Gasteiger partial charge in [-0.2, -0.15) is 5.26 Å². The van der Waals surface area contributed by atoms with Crippen molar-refractivity contribution in [1.29, 1.82) is 5.26 Å². The van der Waals surface area contributed by atoms with Crippen LogP contribution in [0.2, 0.25) is 0 Å². The Bertz CT molecular complexity index is 405. The van der Waals surface area contributed by atoms with Crippen molar-refractivity contribution in [3.05, 3.63) is 35.7 Å². The monoisotopic (exact) mass is 248 g/mol. The van der Waals surface area contributed by atoms with E-state index in [1.165, 1.54) is 6.08 Å². The molecule has 0 aromatic heterocycles. The molecule has 0 amide bonds. The van der Waals surface area contributed by atoms with Crippen molar-refractivity contribution in [2.75, 3.05) is 20.1 Å². The van der Waals surface area contributed by atoms with Crippen LogP contribution in [0.15, 0.2) is 35.7 Å². The molecule has 0 saturated carbocycles. The lowest BCUT2D eigenvalue weighted by Gasteiger charge is -2.36. The Labute approximate surface area is 109 Å². The molecule has 2 nitrogen and oxygen atoms in total. The molecule has 3 heteroatoms. The van der Waals surface area contributed by atoms with Crippen molar-refractivity contribution in [1.82, 2.24) is 4.90 Å². The number of nitrogens with zero attached hydrogens (tertiary/aromatic N) is 2. The predicted octanol–water partition coefficient (Wildman–Crippen LogP) is 3.60. The van der Waals surface area contributed by atoms with Crippen LogP contribution < -0.4 is 0 Å². The van der Waals surface area contributed by atoms with E-state index in [1.54, 1.807) is 25.2 Å². The third-order valence-corrected chi connectivity index (χ3v) is 3.55. The van der Waals surface area contributed by atoms with E-state index in [-0.39, 0.29) is 5.83 Å². The lowest BCUT2D eigenvalue weighted by molar-refractivity contribution is 0.196. The van der Waals surface area contributed by atoms with Gasteiger partial charge in [0.25, 0.3) is 0 Å². The molecule has 1 heterocycles. The number of piperidine rings is 1. The summed E-state index contributed by atoms with van der Waals surface area (Å²) >= 11 is 0. The van der Waals surface area contributed by atoms with E-state index >= 15 is 0 Å². The van der Waals surface area contributed by atoms with Gasteiger partial charge in [0, 0.05) is 5.57 Å². The molecule has 1 aliphatic heterocycles. The van der Waals surface area contributed by atoms with Crippen LogP contribution in [0.25, 0.3) is 0 Å². The number of rotatable bonds is 3. The normalized spacial score (nSPS) is 22.2. The van der Waals surface area contributed by atoms with Gasteiger partial charge in [0.1, 0.15) is 5.83 Å². The highest BCUT2D eigenvalue weighted by molar-refractivity contribution is 5.39. The average molecular weight is 248 g/mol. The summed E-state index contributed by atoms with van der Waals surface area (Å²) in [6.07, 6.45) is 8.00. The van der Waals surface area contributed by atoms with Crippen molar-refractivity contribution in [2.24, 2.45) is 5.41 Å². The zero-order valence-electron chi connectivity index (χ0n) is 11.4. The van der Waals surface area contributed by atoms with Crippen LogP contribution in [-0.4, -0.2) is 25.0 Å². The Kier molecular flexibility index (Phi) is 5.30. The molecular formula is C15H21FN2. The summed E-state index contributed by atoms with van der Waals surface area (Å²) in [5, 5.41) is 9.48. The minimum atomic E-state index is -0.663. The van der Waals surface area contributed by atoms with E-state index in [2.05, 4.69) is 11.0 Å². The number of hydrogen-bond acceptors (Lipinski definition) is 2. The fourth-order valence-electron chi connectivity index (χ4n) is 2.35. The molecule has 0 aromatic rings. The van der Waals surface area contributed by atoms with E-state index in [4.69, 9.17) is 0 Å². The largest absolute Gasteiger partial charge is 0.306 e. The summed E-state index contributed by atoms with van der Waals surface area (Å²) in [5.41, 5.74) is -0.125. The zero-order valence-corrected chi connectivity index (χ0v) is 11.4. The fraction of sp³-hybridized carbons (Fsp3) is 0.533. The predicted molar refractivity (Wildman–Crippen MR) is 72.5 cm³/mol. The number of hydrogen-bond donors (Lipinski definition) is 0. The second kappa shape index (κ2) is 6.51. The standard InChI is InChI=1S/C15H21FN2/c1-4-6-7-14(16)13(5-2)15(12-17)8-10-18(3)11-9-15/h4-7H,8-11H2,1-3H3/b6-4-,13-5+,14-7+. The van der Waals surface area contributed by atoms with E-state index in [0.717, 1.165) is 13.1 Å². The molecule has 0 aliphatic carbocycles. The molecular weight excluding hydrogens is 227 g/mol. The molecule has 0 unspecified atom stereocenters. The van der Waals surface area contributed by atoms with Gasteiger partial charge < -0.3 is 4.90 Å². The molecule has 98 valence electrons. The maximum Gasteiger partial charge on any atom is 0.127 e. The third-order valence-electron chi connectivity index (χ3n) is 3.55. The molecule has 0 aromatic carbocycles. The fourth-order valence-corrected chi connectivity index (χ4v) is 2.35. The Morgan fingerprint density at radius 2 is 1.94 bits per heavy atom. The number of nitriles is 1. The second-order valence-corrected chi connectivity index (χ2v) is 4.74. The minimum Gasteiger partial charge on any atom is -0.306 e. The van der Waals surface area contributed by atoms with Crippen molar-refractivity contribution < 1.29 is 4.39 Å². The first-order valence-corrected chi connectivity index (χ1v) is 6.35. The summed E-state index contributed by atoms with van der Waals surface area (Å²) in [6, 6.07) is 2.35. The maximum atomic E-state index is 14.1. The van der Waals surface area contributed by atoms with Gasteiger partial charge in [-0.1, -0.05) is 18.2 Å². The van der Waals surface area contributed by atoms with Gasteiger partial charge in [0.2, 0.25) is 0 Å². The molecule has 0 atom stereocenters. The Balaban J connectivity index is 3.03. The van der Waals surface area contributed by atoms with E-state index in [1.807, 2.05) is 14.0 Å². The summed E-state index contributed by atoms with van der Waals surface area (Å²) in [4.78, 5) is 2.18. The minimum absolute atomic E-state index is 0.290. The molecule has 0 bridgehead atoms.